The third-order valence-corrected chi connectivity index (χ3v) is 7.74. The standard InChI is InChI=1S/C25H18FN3O4S/c26-20-7-3-1-5-16(20)14-29-21-8-4-2-6-18(21)23-24(34(29,31)32)22(19(13-27)25(28)33-23)15-9-11-17(30)12-10-15/h1-12,22,30H,14,28H2. The summed E-state index contributed by atoms with van der Waals surface area (Å²) in [6.45, 7) is -0.258. The van der Waals surface area contributed by atoms with E-state index in [4.69, 9.17) is 10.5 Å². The second kappa shape index (κ2) is 7.93. The van der Waals surface area contributed by atoms with Gasteiger partial charge in [-0.25, -0.2) is 12.8 Å². The minimum absolute atomic E-state index is 0.0153. The lowest BCUT2D eigenvalue weighted by Crippen LogP contribution is -2.39. The number of rotatable bonds is 3. The van der Waals surface area contributed by atoms with Crippen molar-refractivity contribution in [1.29, 1.82) is 5.26 Å². The highest BCUT2D eigenvalue weighted by molar-refractivity contribution is 7.96. The molecule has 0 saturated carbocycles. The van der Waals surface area contributed by atoms with Crippen molar-refractivity contribution in [2.75, 3.05) is 4.31 Å². The van der Waals surface area contributed by atoms with Crippen LogP contribution in [-0.2, 0) is 21.3 Å². The molecule has 2 heterocycles. The maximum absolute atomic E-state index is 14.5. The van der Waals surface area contributed by atoms with Crippen molar-refractivity contribution < 1.29 is 22.7 Å². The van der Waals surface area contributed by atoms with Crippen LogP contribution in [0.25, 0.3) is 5.76 Å². The smallest absolute Gasteiger partial charge is 0.265 e. The third kappa shape index (κ3) is 3.27. The molecule has 9 heteroatoms. The first kappa shape index (κ1) is 21.6. The molecule has 170 valence electrons. The van der Waals surface area contributed by atoms with Gasteiger partial charge < -0.3 is 15.6 Å². The molecule has 0 amide bonds. The number of fused-ring (bicyclic) bond motifs is 2. The molecule has 34 heavy (non-hydrogen) atoms. The van der Waals surface area contributed by atoms with Crippen molar-refractivity contribution in [3.05, 3.63) is 112 Å². The number of halogens is 1. The molecular weight excluding hydrogens is 457 g/mol. The fourth-order valence-electron chi connectivity index (χ4n) is 4.26. The van der Waals surface area contributed by atoms with E-state index in [1.807, 2.05) is 6.07 Å². The highest BCUT2D eigenvalue weighted by atomic mass is 32.2. The molecule has 2 aliphatic heterocycles. The number of benzene rings is 3. The molecule has 0 fully saturated rings. The maximum atomic E-state index is 14.5. The number of hydrogen-bond donors (Lipinski definition) is 2. The van der Waals surface area contributed by atoms with Gasteiger partial charge in [0.1, 0.15) is 28.1 Å². The number of sulfonamides is 1. The summed E-state index contributed by atoms with van der Waals surface area (Å²) >= 11 is 0. The van der Waals surface area contributed by atoms with Gasteiger partial charge in [-0.2, -0.15) is 5.26 Å². The molecule has 5 rings (SSSR count). The number of phenols is 1. The summed E-state index contributed by atoms with van der Waals surface area (Å²) < 4.78 is 49.5. The summed E-state index contributed by atoms with van der Waals surface area (Å²) in [5.41, 5.74) is 7.38. The van der Waals surface area contributed by atoms with Crippen molar-refractivity contribution in [3.8, 4) is 11.8 Å². The second-order valence-electron chi connectivity index (χ2n) is 7.83. The molecule has 0 radical (unpaired) electrons. The maximum Gasteiger partial charge on any atom is 0.265 e. The first-order valence-electron chi connectivity index (χ1n) is 10.3. The fraction of sp³-hybridized carbons (Fsp3) is 0.0800. The number of nitriles is 1. The first-order chi connectivity index (χ1) is 16.3. The molecule has 3 N–H and O–H groups in total. The predicted molar refractivity (Wildman–Crippen MR) is 124 cm³/mol. The van der Waals surface area contributed by atoms with E-state index < -0.39 is 21.8 Å². The monoisotopic (exact) mass is 475 g/mol. The van der Waals surface area contributed by atoms with Gasteiger partial charge in [0.15, 0.2) is 5.76 Å². The molecule has 7 nitrogen and oxygen atoms in total. The molecule has 0 aliphatic carbocycles. The van der Waals surface area contributed by atoms with Crippen LogP contribution in [0.2, 0.25) is 0 Å². The number of phenolic OH excluding ortho intramolecular Hbond substituents is 1. The Kier molecular flexibility index (Phi) is 5.03. The number of aromatic hydroxyl groups is 1. The quantitative estimate of drug-likeness (QED) is 0.590. The zero-order valence-electron chi connectivity index (χ0n) is 17.6. The number of allylic oxidation sites excluding steroid dienone is 2. The second-order valence-corrected chi connectivity index (χ2v) is 9.66. The molecule has 0 saturated heterocycles. The topological polar surface area (TPSA) is 117 Å². The van der Waals surface area contributed by atoms with Crippen LogP contribution in [0.1, 0.15) is 22.6 Å². The number of para-hydroxylation sites is 1. The molecule has 0 spiro atoms. The summed E-state index contributed by atoms with van der Waals surface area (Å²) in [5.74, 6) is -1.80. The highest BCUT2D eigenvalue weighted by Crippen LogP contribution is 2.51. The SMILES string of the molecule is N#CC1=C(N)OC2=C(C1c1ccc(O)cc1)S(=O)(=O)N(Cc1ccccc1F)c1ccccc12. The van der Waals surface area contributed by atoms with Gasteiger partial charge in [-0.3, -0.25) is 4.31 Å². The largest absolute Gasteiger partial charge is 0.508 e. The van der Waals surface area contributed by atoms with Gasteiger partial charge in [0.25, 0.3) is 10.0 Å². The Hall–Kier alpha value is -4.29. The first-order valence-corrected chi connectivity index (χ1v) is 11.7. The van der Waals surface area contributed by atoms with Crippen LogP contribution in [0.3, 0.4) is 0 Å². The van der Waals surface area contributed by atoms with Gasteiger partial charge in [-0.1, -0.05) is 42.5 Å². The lowest BCUT2D eigenvalue weighted by atomic mass is 9.88. The van der Waals surface area contributed by atoms with Gasteiger partial charge in [0, 0.05) is 11.1 Å². The van der Waals surface area contributed by atoms with Gasteiger partial charge in [-0.05, 0) is 35.9 Å². The minimum Gasteiger partial charge on any atom is -0.508 e. The normalized spacial score (nSPS) is 18.6. The summed E-state index contributed by atoms with van der Waals surface area (Å²) in [5, 5.41) is 19.6. The molecule has 0 aromatic heterocycles. The van der Waals surface area contributed by atoms with Gasteiger partial charge in [-0.15, -0.1) is 0 Å². The summed E-state index contributed by atoms with van der Waals surface area (Å²) in [6.07, 6.45) is 0. The summed E-state index contributed by atoms with van der Waals surface area (Å²) in [4.78, 5) is -0.168. The zero-order valence-corrected chi connectivity index (χ0v) is 18.5. The van der Waals surface area contributed by atoms with E-state index in [0.717, 1.165) is 4.31 Å². The van der Waals surface area contributed by atoms with Gasteiger partial charge in [0.2, 0.25) is 5.88 Å². The average molecular weight is 476 g/mol. The Morgan fingerprint density at radius 1 is 1.06 bits per heavy atom. The Morgan fingerprint density at radius 2 is 1.74 bits per heavy atom. The van der Waals surface area contributed by atoms with Crippen LogP contribution in [0, 0.1) is 17.1 Å². The number of hydrogen-bond acceptors (Lipinski definition) is 6. The van der Waals surface area contributed by atoms with Crippen LogP contribution >= 0.6 is 0 Å². The molecule has 1 unspecified atom stereocenters. The molecule has 0 bridgehead atoms. The summed E-state index contributed by atoms with van der Waals surface area (Å²) in [7, 11) is -4.31. The van der Waals surface area contributed by atoms with E-state index in [9.17, 15) is 23.2 Å². The molecule has 1 atom stereocenters. The van der Waals surface area contributed by atoms with E-state index in [1.165, 1.54) is 42.5 Å². The lowest BCUT2D eigenvalue weighted by Gasteiger charge is -2.38. The van der Waals surface area contributed by atoms with Crippen LogP contribution in [0.5, 0.6) is 5.75 Å². The Balaban J connectivity index is 1.77. The lowest BCUT2D eigenvalue weighted by molar-refractivity contribution is 0.357. The Labute approximate surface area is 195 Å². The van der Waals surface area contributed by atoms with Crippen molar-refractivity contribution in [2.45, 2.75) is 12.5 Å². The summed E-state index contributed by atoms with van der Waals surface area (Å²) in [6, 6.07) is 20.5. The van der Waals surface area contributed by atoms with Crippen LogP contribution in [-0.4, -0.2) is 13.5 Å². The fourth-order valence-corrected chi connectivity index (χ4v) is 6.16. The molecule has 2 aliphatic rings. The zero-order chi connectivity index (χ0) is 24.0. The van der Waals surface area contributed by atoms with E-state index in [1.54, 1.807) is 30.3 Å². The molecular formula is C25H18FN3O4S. The third-order valence-electron chi connectivity index (χ3n) is 5.86. The average Bonchev–Trinajstić information content (AvgIpc) is 2.82. The van der Waals surface area contributed by atoms with Crippen LogP contribution in [0.4, 0.5) is 10.1 Å². The minimum atomic E-state index is -4.31. The van der Waals surface area contributed by atoms with Crippen LogP contribution < -0.4 is 10.0 Å². The number of nitrogens with two attached hydrogens (primary N) is 1. The van der Waals surface area contributed by atoms with Gasteiger partial charge in [0.05, 0.1) is 18.2 Å². The van der Waals surface area contributed by atoms with Crippen LogP contribution in [0.15, 0.2) is 89.2 Å². The molecule has 3 aromatic rings. The van der Waals surface area contributed by atoms with E-state index in [-0.39, 0.29) is 40.0 Å². The number of ether oxygens (including phenoxy) is 1. The number of anilines is 1. The predicted octanol–water partition coefficient (Wildman–Crippen LogP) is 4.06. The van der Waals surface area contributed by atoms with Crippen molar-refractivity contribution in [1.82, 2.24) is 0 Å². The number of nitrogens with zero attached hydrogens (tertiary/aromatic N) is 2. The Bertz CT molecular complexity index is 1520. The van der Waals surface area contributed by atoms with Crippen molar-refractivity contribution in [3.63, 3.8) is 0 Å². The van der Waals surface area contributed by atoms with E-state index in [0.29, 0.717) is 16.8 Å². The van der Waals surface area contributed by atoms with E-state index >= 15 is 0 Å². The van der Waals surface area contributed by atoms with Crippen molar-refractivity contribution in [2.24, 2.45) is 5.73 Å². The van der Waals surface area contributed by atoms with Crippen molar-refractivity contribution >= 4 is 21.5 Å². The molecule has 3 aromatic carbocycles. The Morgan fingerprint density at radius 3 is 2.44 bits per heavy atom. The van der Waals surface area contributed by atoms with Gasteiger partial charge >= 0.3 is 0 Å². The highest BCUT2D eigenvalue weighted by Gasteiger charge is 2.47. The van der Waals surface area contributed by atoms with E-state index in [2.05, 4.69) is 0 Å².